The van der Waals surface area contributed by atoms with E-state index < -0.39 is 173 Å². The molecule has 3 saturated heterocycles. The zero-order chi connectivity index (χ0) is 69.3. The molecule has 0 saturated carbocycles. The number of ether oxygens (including phenoxy) is 9. The Hall–Kier alpha value is -4.36. The molecule has 16 atom stereocenters. The number of nitrogens with zero attached hydrogens (tertiary/aromatic N) is 2. The molecule has 3 rings (SSSR count). The molecule has 93 heavy (non-hydrogen) atoms. The number of phosphoric acid groups is 1. The predicted molar refractivity (Wildman–Crippen MR) is 316 cm³/mol. The summed E-state index contributed by atoms with van der Waals surface area (Å²) in [4.78, 5) is 104. The van der Waals surface area contributed by atoms with Gasteiger partial charge in [0.15, 0.2) is 18.9 Å². The van der Waals surface area contributed by atoms with E-state index >= 15 is 0 Å². The molecule has 3 fully saturated rings. The van der Waals surface area contributed by atoms with Gasteiger partial charge in [-0.15, -0.1) is 0 Å². The summed E-state index contributed by atoms with van der Waals surface area (Å²) in [7, 11) is -4.60. The summed E-state index contributed by atoms with van der Waals surface area (Å²) in [6.45, 7) is 4.28. The number of phosphoric ester groups is 1. The maximum absolute atomic E-state index is 13.8. The predicted octanol–water partition coefficient (Wildman–Crippen LogP) is -8.35. The highest BCUT2D eigenvalue weighted by molar-refractivity contribution is 7.45. The van der Waals surface area contributed by atoms with Crippen molar-refractivity contribution in [2.24, 2.45) is 0 Å². The average Bonchev–Trinajstić information content (AvgIpc) is 0.849. The lowest BCUT2D eigenvalue weighted by Gasteiger charge is -2.42. The van der Waals surface area contributed by atoms with Crippen molar-refractivity contribution in [3.05, 3.63) is 0 Å². The minimum absolute atomic E-state index is 0.0151. The van der Waals surface area contributed by atoms with Crippen molar-refractivity contribution in [2.45, 2.75) is 171 Å². The van der Waals surface area contributed by atoms with Crippen LogP contribution in [0.1, 0.15) is 73.6 Å². The average molecular weight is 1370 g/mol. The van der Waals surface area contributed by atoms with Crippen molar-refractivity contribution in [3.63, 3.8) is 0 Å². The van der Waals surface area contributed by atoms with Crippen molar-refractivity contribution >= 4 is 49.2 Å². The number of rotatable bonds is 45. The van der Waals surface area contributed by atoms with E-state index in [9.17, 15) is 89.0 Å². The summed E-state index contributed by atoms with van der Waals surface area (Å²) in [5.74, 6) is -3.71. The molecule has 7 amide bonds. The Balaban J connectivity index is 1.63. The molecule has 0 bridgehead atoms. The van der Waals surface area contributed by atoms with Crippen LogP contribution in [0.4, 0.5) is 0 Å². The van der Waals surface area contributed by atoms with Gasteiger partial charge in [0, 0.05) is 59.9 Å². The van der Waals surface area contributed by atoms with Gasteiger partial charge in [-0.1, -0.05) is 6.42 Å². The Kier molecular flexibility index (Phi) is 39.0. The number of carbonyl (C=O) groups excluding carboxylic acids is 7. The van der Waals surface area contributed by atoms with E-state index in [0.29, 0.717) is 6.42 Å². The highest BCUT2D eigenvalue weighted by atomic mass is 31.2. The number of hydrogen-bond donors (Lipinski definition) is 15. The fourth-order valence-corrected chi connectivity index (χ4v) is 10.7. The van der Waals surface area contributed by atoms with Gasteiger partial charge in [0.05, 0.1) is 111 Å². The molecule has 540 valence electrons. The lowest BCUT2D eigenvalue weighted by Crippen LogP contribution is -2.64. The molecule has 0 radical (unpaired) electrons. The molecular weight excluding hydrogens is 1270 g/mol. The van der Waals surface area contributed by atoms with Gasteiger partial charge in [-0.25, -0.2) is 0 Å². The molecule has 3 aliphatic heterocycles. The zero-order valence-electron chi connectivity index (χ0n) is 53.6. The number of aliphatic hydroxyl groups is 9. The third-order valence-corrected chi connectivity index (χ3v) is 15.3. The van der Waals surface area contributed by atoms with Crippen molar-refractivity contribution in [2.75, 3.05) is 138 Å². The monoisotopic (exact) mass is 1370 g/mol. The second-order valence-corrected chi connectivity index (χ2v) is 24.3. The van der Waals surface area contributed by atoms with Crippen LogP contribution in [-0.2, 0) is 89.8 Å². The SMILES string of the molecule is CC(=O)NC1C(OCCOCCNC(=O)CN(CCCN(CC(=O)NCCOCCOC2OC(CO)C(O)C(O)C2NC(C)=O)C(=O)CCCCCOP(=O)([O-])OC(C)(C)C)CC(=O)NCCOCCOC2OC(CO)C(O)C(O)C2NC(C)=O)OC(CO)C(O)C1O. The Morgan fingerprint density at radius 1 is 0.484 bits per heavy atom. The first-order valence-electron chi connectivity index (χ1n) is 30.7. The Labute approximate surface area is 539 Å². The first-order valence-corrected chi connectivity index (χ1v) is 32.2. The lowest BCUT2D eigenvalue weighted by atomic mass is 9.97. The normalized spacial score (nSPS) is 27.2. The summed E-state index contributed by atoms with van der Waals surface area (Å²) < 4.78 is 72.4. The molecule has 16 unspecified atom stereocenters. The smallest absolute Gasteiger partial charge is 0.268 e. The quantitative estimate of drug-likeness (QED) is 0.0199. The summed E-state index contributed by atoms with van der Waals surface area (Å²) in [6.07, 6.45) is -15.5. The summed E-state index contributed by atoms with van der Waals surface area (Å²) in [5, 5.41) is 107. The summed E-state index contributed by atoms with van der Waals surface area (Å²) in [6, 6.07) is -3.50. The fraction of sp³-hybridized carbons (Fsp3) is 0.873. The van der Waals surface area contributed by atoms with Gasteiger partial charge < -0.3 is 139 Å². The van der Waals surface area contributed by atoms with Crippen LogP contribution in [0.3, 0.4) is 0 Å². The van der Waals surface area contributed by atoms with Crippen LogP contribution < -0.4 is 36.8 Å². The fourth-order valence-electron chi connectivity index (χ4n) is 9.59. The van der Waals surface area contributed by atoms with E-state index in [1.165, 1.54) is 30.6 Å². The number of unbranched alkanes of at least 4 members (excludes halogenated alkanes) is 2. The van der Waals surface area contributed by atoms with E-state index in [1.807, 2.05) is 0 Å². The topological polar surface area (TPSA) is 522 Å². The standard InChI is InChI=1S/C55H101N8O29P/c1-33(67)59-43-49(77)46(74)36(30-64)89-52(43)85-24-21-82-18-12-56-39(70)27-62(28-40(71)57-13-19-83-22-25-86-53-44(60-34(2)68)50(78)47(75)37(31-65)90-53)15-10-16-63(42(73)11-8-7-9-17-88-93(80,81)92-55(4,5)6)29-41(72)58-14-20-84-23-26-87-54-45(61-35(3)69)51(79)48(76)38(32-66)91-54/h36-38,43-54,64-66,74-79H,7-32H2,1-6H3,(H,56,70)(H,57,71)(H,58,72)(H,59,67)(H,60,68)(H,61,69)(H,80,81)/p-1. The molecule has 38 heteroatoms. The number of hydrogen-bond acceptors (Lipinski definition) is 30. The third kappa shape index (κ3) is 32.0. The van der Waals surface area contributed by atoms with Crippen LogP contribution in [0, 0.1) is 0 Å². The highest BCUT2D eigenvalue weighted by Gasteiger charge is 2.48. The summed E-state index contributed by atoms with van der Waals surface area (Å²) in [5.41, 5.74) is -1.01. The second kappa shape index (κ2) is 43.7. The largest absolute Gasteiger partial charge is 0.756 e. The van der Waals surface area contributed by atoms with Crippen LogP contribution in [0.25, 0.3) is 0 Å². The van der Waals surface area contributed by atoms with Crippen molar-refractivity contribution in [1.82, 2.24) is 41.7 Å². The zero-order valence-corrected chi connectivity index (χ0v) is 54.5. The van der Waals surface area contributed by atoms with Gasteiger partial charge in [0.1, 0.15) is 73.1 Å². The van der Waals surface area contributed by atoms with Crippen molar-refractivity contribution < 1.29 is 141 Å². The number of nitrogens with one attached hydrogen (secondary N) is 6. The number of aliphatic hydroxyl groups excluding tert-OH is 9. The third-order valence-electron chi connectivity index (χ3n) is 14.0. The molecule has 37 nitrogen and oxygen atoms in total. The van der Waals surface area contributed by atoms with Crippen LogP contribution in [0.15, 0.2) is 0 Å². The number of carbonyl (C=O) groups is 7. The van der Waals surface area contributed by atoms with Gasteiger partial charge in [-0.3, -0.25) is 43.0 Å². The second-order valence-electron chi connectivity index (χ2n) is 23.0. The molecule has 15 N–H and O–H groups in total. The first kappa shape index (κ1) is 82.9. The van der Waals surface area contributed by atoms with E-state index in [1.54, 1.807) is 20.8 Å². The van der Waals surface area contributed by atoms with Crippen LogP contribution in [0.5, 0.6) is 0 Å². The molecule has 0 aliphatic carbocycles. The lowest BCUT2D eigenvalue weighted by molar-refractivity contribution is -0.272. The number of amides is 7. The van der Waals surface area contributed by atoms with Crippen molar-refractivity contribution in [1.29, 1.82) is 0 Å². The Morgan fingerprint density at radius 2 is 0.849 bits per heavy atom. The molecule has 0 aromatic carbocycles. The maximum Gasteiger partial charge on any atom is 0.268 e. The first-order chi connectivity index (χ1) is 44.0. The van der Waals surface area contributed by atoms with Gasteiger partial charge in [-0.2, -0.15) is 0 Å². The maximum atomic E-state index is 13.8. The van der Waals surface area contributed by atoms with E-state index in [-0.39, 0.29) is 138 Å². The van der Waals surface area contributed by atoms with E-state index in [2.05, 4.69) is 31.9 Å². The van der Waals surface area contributed by atoms with Crippen molar-refractivity contribution in [3.8, 4) is 0 Å². The highest BCUT2D eigenvalue weighted by Crippen LogP contribution is 2.43. The molecule has 3 heterocycles. The minimum atomic E-state index is -4.60. The van der Waals surface area contributed by atoms with E-state index in [0.717, 1.165) is 0 Å². The Bertz CT molecular complexity index is 2210. The van der Waals surface area contributed by atoms with Gasteiger partial charge in [0.25, 0.3) is 7.82 Å². The summed E-state index contributed by atoms with van der Waals surface area (Å²) >= 11 is 0. The van der Waals surface area contributed by atoms with Crippen LogP contribution >= 0.6 is 7.82 Å². The molecular formula is C55H100N8O29P-. The van der Waals surface area contributed by atoms with Gasteiger partial charge in [0.2, 0.25) is 41.4 Å². The van der Waals surface area contributed by atoms with E-state index in [4.69, 9.17) is 51.7 Å². The molecule has 3 aliphatic rings. The molecule has 0 spiro atoms. The van der Waals surface area contributed by atoms with Crippen LogP contribution in [0.2, 0.25) is 0 Å². The minimum Gasteiger partial charge on any atom is -0.756 e. The van der Waals surface area contributed by atoms with Gasteiger partial charge in [-0.05, 0) is 40.0 Å². The molecule has 0 aromatic rings. The van der Waals surface area contributed by atoms with Crippen LogP contribution in [-0.4, -0.2) is 333 Å². The Morgan fingerprint density at radius 3 is 1.19 bits per heavy atom. The molecule has 0 aromatic heterocycles. The van der Waals surface area contributed by atoms with Gasteiger partial charge >= 0.3 is 0 Å².